The first-order valence-corrected chi connectivity index (χ1v) is 10.4. The Morgan fingerprint density at radius 2 is 2.13 bits per heavy atom. The number of halogens is 1. The van der Waals surface area contributed by atoms with Gasteiger partial charge < -0.3 is 25.0 Å². The zero-order valence-electron chi connectivity index (χ0n) is 18.7. The van der Waals surface area contributed by atoms with Crippen molar-refractivity contribution < 1.29 is 14.3 Å². The van der Waals surface area contributed by atoms with E-state index >= 15 is 0 Å². The molecule has 0 saturated carbocycles. The van der Waals surface area contributed by atoms with Crippen molar-refractivity contribution in [2.24, 2.45) is 4.99 Å². The summed E-state index contributed by atoms with van der Waals surface area (Å²) in [4.78, 5) is 23.3. The van der Waals surface area contributed by atoms with Crippen LogP contribution in [0.4, 0.5) is 4.79 Å². The fraction of sp³-hybridized carbons (Fsp3) is 0.667. The molecule has 1 amide bonds. The number of nitrogens with zero attached hydrogens (tertiary/aromatic N) is 3. The molecule has 1 unspecified atom stereocenters. The Labute approximate surface area is 197 Å². The molecule has 1 atom stereocenters. The Balaban J connectivity index is 0.00000450. The number of aromatic nitrogens is 1. The standard InChI is InChI=1S/C21H35N5O3.HI/c1-6-13-28-18-16(9-8-11-23-18)14-24-19(22-7-2)26-12-10-17(15-26)25-20(27)29-21(3,4)5;/h8-9,11,17H,6-7,10,12-15H2,1-5H3,(H,22,24)(H,25,27);1H. The maximum Gasteiger partial charge on any atom is 0.407 e. The topological polar surface area (TPSA) is 88.1 Å². The summed E-state index contributed by atoms with van der Waals surface area (Å²) in [6, 6.07) is 3.92. The first kappa shape index (κ1) is 26.3. The highest BCUT2D eigenvalue weighted by atomic mass is 127. The Morgan fingerprint density at radius 1 is 1.37 bits per heavy atom. The van der Waals surface area contributed by atoms with Crippen molar-refractivity contribution in [1.82, 2.24) is 20.5 Å². The molecule has 2 rings (SSSR count). The fourth-order valence-electron chi connectivity index (χ4n) is 3.00. The van der Waals surface area contributed by atoms with Gasteiger partial charge in [0.1, 0.15) is 5.60 Å². The monoisotopic (exact) mass is 533 g/mol. The van der Waals surface area contributed by atoms with E-state index in [1.807, 2.05) is 39.8 Å². The van der Waals surface area contributed by atoms with Crippen molar-refractivity contribution >= 4 is 36.0 Å². The van der Waals surface area contributed by atoms with Crippen LogP contribution in [0.25, 0.3) is 0 Å². The van der Waals surface area contributed by atoms with Gasteiger partial charge in [-0.25, -0.2) is 14.8 Å². The van der Waals surface area contributed by atoms with Crippen molar-refractivity contribution in [2.75, 3.05) is 26.2 Å². The van der Waals surface area contributed by atoms with Crippen molar-refractivity contribution in [3.8, 4) is 5.88 Å². The maximum atomic E-state index is 12.0. The number of guanidine groups is 1. The molecule has 0 aliphatic carbocycles. The molecular formula is C21H36IN5O3. The number of aliphatic imine (C=N–C) groups is 1. The molecule has 1 aliphatic rings. The number of hydrogen-bond donors (Lipinski definition) is 2. The molecular weight excluding hydrogens is 497 g/mol. The van der Waals surface area contributed by atoms with E-state index in [0.29, 0.717) is 25.6 Å². The summed E-state index contributed by atoms with van der Waals surface area (Å²) in [7, 11) is 0. The van der Waals surface area contributed by atoms with Gasteiger partial charge in [-0.1, -0.05) is 13.0 Å². The summed E-state index contributed by atoms with van der Waals surface area (Å²) < 4.78 is 11.1. The predicted octanol–water partition coefficient (Wildman–Crippen LogP) is 3.55. The minimum absolute atomic E-state index is 0. The van der Waals surface area contributed by atoms with Gasteiger partial charge in [0.25, 0.3) is 0 Å². The summed E-state index contributed by atoms with van der Waals surface area (Å²) in [5, 5.41) is 6.29. The molecule has 0 aromatic carbocycles. The molecule has 30 heavy (non-hydrogen) atoms. The molecule has 1 aromatic heterocycles. The number of rotatable bonds is 7. The van der Waals surface area contributed by atoms with Crippen molar-refractivity contribution in [1.29, 1.82) is 0 Å². The number of pyridine rings is 1. The average Bonchev–Trinajstić information content (AvgIpc) is 3.10. The fourth-order valence-corrected chi connectivity index (χ4v) is 3.00. The predicted molar refractivity (Wildman–Crippen MR) is 130 cm³/mol. The lowest BCUT2D eigenvalue weighted by molar-refractivity contribution is 0.0507. The van der Waals surface area contributed by atoms with E-state index in [-0.39, 0.29) is 36.1 Å². The van der Waals surface area contributed by atoms with E-state index in [1.54, 1.807) is 6.20 Å². The molecule has 0 radical (unpaired) electrons. The molecule has 1 aromatic rings. The molecule has 1 aliphatic heterocycles. The molecule has 1 fully saturated rings. The Kier molecular flexibility index (Phi) is 11.2. The normalized spacial score (nSPS) is 16.6. The van der Waals surface area contributed by atoms with Crippen LogP contribution in [0.15, 0.2) is 23.3 Å². The number of hydrogen-bond acceptors (Lipinski definition) is 5. The molecule has 9 heteroatoms. The third-order valence-corrected chi connectivity index (χ3v) is 4.24. The van der Waals surface area contributed by atoms with Crippen LogP contribution in [0.3, 0.4) is 0 Å². The summed E-state index contributed by atoms with van der Waals surface area (Å²) in [5.41, 5.74) is 0.457. The zero-order chi connectivity index (χ0) is 21.3. The van der Waals surface area contributed by atoms with Gasteiger partial charge in [0, 0.05) is 31.4 Å². The van der Waals surface area contributed by atoms with E-state index in [4.69, 9.17) is 14.5 Å². The smallest absolute Gasteiger partial charge is 0.407 e. The van der Waals surface area contributed by atoms with Gasteiger partial charge in [0.2, 0.25) is 5.88 Å². The molecule has 1 saturated heterocycles. The number of likely N-dealkylation sites (tertiary alicyclic amines) is 1. The summed E-state index contributed by atoms with van der Waals surface area (Å²) >= 11 is 0. The molecule has 0 spiro atoms. The number of carbonyl (C=O) groups excluding carboxylic acids is 1. The zero-order valence-corrected chi connectivity index (χ0v) is 21.1. The SMILES string of the molecule is CCCOc1ncccc1CN=C(NCC)N1CCC(NC(=O)OC(C)(C)C)C1.I. The van der Waals surface area contributed by atoms with Gasteiger partial charge in [-0.15, -0.1) is 24.0 Å². The van der Waals surface area contributed by atoms with Crippen LogP contribution in [0.1, 0.15) is 53.0 Å². The minimum Gasteiger partial charge on any atom is -0.477 e. The van der Waals surface area contributed by atoms with Crippen LogP contribution in [-0.4, -0.2) is 59.8 Å². The molecule has 170 valence electrons. The van der Waals surface area contributed by atoms with Crippen LogP contribution in [0.5, 0.6) is 5.88 Å². The van der Waals surface area contributed by atoms with Gasteiger partial charge in [-0.05, 0) is 46.6 Å². The summed E-state index contributed by atoms with van der Waals surface area (Å²) in [6.45, 7) is 13.1. The minimum atomic E-state index is -0.500. The number of ether oxygens (including phenoxy) is 2. The lowest BCUT2D eigenvalue weighted by atomic mass is 10.2. The Bertz CT molecular complexity index is 693. The second-order valence-corrected chi connectivity index (χ2v) is 8.06. The van der Waals surface area contributed by atoms with Crippen LogP contribution in [0.2, 0.25) is 0 Å². The highest BCUT2D eigenvalue weighted by Gasteiger charge is 2.27. The summed E-state index contributed by atoms with van der Waals surface area (Å²) in [5.74, 6) is 1.46. The van der Waals surface area contributed by atoms with Gasteiger partial charge in [0.15, 0.2) is 5.96 Å². The third kappa shape index (κ3) is 8.93. The lowest BCUT2D eigenvalue weighted by Gasteiger charge is -2.23. The van der Waals surface area contributed by atoms with Gasteiger partial charge >= 0.3 is 6.09 Å². The van der Waals surface area contributed by atoms with Crippen LogP contribution < -0.4 is 15.4 Å². The first-order valence-electron chi connectivity index (χ1n) is 10.4. The van der Waals surface area contributed by atoms with Gasteiger partial charge in [-0.3, -0.25) is 0 Å². The van der Waals surface area contributed by atoms with Gasteiger partial charge in [-0.2, -0.15) is 0 Å². The number of nitrogens with one attached hydrogen (secondary N) is 2. The van der Waals surface area contributed by atoms with Crippen molar-refractivity contribution in [3.05, 3.63) is 23.9 Å². The van der Waals surface area contributed by atoms with E-state index in [0.717, 1.165) is 37.5 Å². The van der Waals surface area contributed by atoms with Crippen molar-refractivity contribution in [2.45, 2.75) is 65.6 Å². The quantitative estimate of drug-likeness (QED) is 0.317. The van der Waals surface area contributed by atoms with E-state index in [2.05, 4.69) is 27.4 Å². The average molecular weight is 533 g/mol. The second kappa shape index (κ2) is 12.8. The number of alkyl carbamates (subject to hydrolysis) is 1. The van der Waals surface area contributed by atoms with Gasteiger partial charge in [0.05, 0.1) is 19.2 Å². The number of carbonyl (C=O) groups is 1. The molecule has 2 heterocycles. The highest BCUT2D eigenvalue weighted by Crippen LogP contribution is 2.17. The summed E-state index contributed by atoms with van der Waals surface area (Å²) in [6.07, 6.45) is 3.14. The lowest BCUT2D eigenvalue weighted by Crippen LogP contribution is -2.44. The highest BCUT2D eigenvalue weighted by molar-refractivity contribution is 14.0. The largest absolute Gasteiger partial charge is 0.477 e. The van der Waals surface area contributed by atoms with E-state index in [1.165, 1.54) is 0 Å². The van der Waals surface area contributed by atoms with Crippen LogP contribution >= 0.6 is 24.0 Å². The number of amides is 1. The van der Waals surface area contributed by atoms with E-state index in [9.17, 15) is 4.79 Å². The third-order valence-electron chi connectivity index (χ3n) is 4.24. The van der Waals surface area contributed by atoms with Crippen molar-refractivity contribution in [3.63, 3.8) is 0 Å². The van der Waals surface area contributed by atoms with E-state index < -0.39 is 5.60 Å². The Hall–Kier alpha value is -1.78. The van der Waals surface area contributed by atoms with Crippen LogP contribution in [0, 0.1) is 0 Å². The molecule has 2 N–H and O–H groups in total. The molecule has 0 bridgehead atoms. The Morgan fingerprint density at radius 3 is 2.80 bits per heavy atom. The molecule has 8 nitrogen and oxygen atoms in total. The maximum absolute atomic E-state index is 12.0. The van der Waals surface area contributed by atoms with Crippen LogP contribution in [-0.2, 0) is 11.3 Å². The first-order chi connectivity index (χ1) is 13.8. The second-order valence-electron chi connectivity index (χ2n) is 8.06.